The highest BCUT2D eigenvalue weighted by Crippen LogP contribution is 2.48. The maximum absolute atomic E-state index is 12.4. The van der Waals surface area contributed by atoms with Crippen LogP contribution in [0.15, 0.2) is 26.9 Å². The molecule has 42 heavy (non-hydrogen) atoms. The van der Waals surface area contributed by atoms with Crippen molar-refractivity contribution in [1.29, 1.82) is 0 Å². The molecule has 0 spiro atoms. The Morgan fingerprint density at radius 2 is 1.48 bits per heavy atom. The van der Waals surface area contributed by atoms with Crippen molar-refractivity contribution in [2.45, 2.75) is 65.0 Å². The van der Waals surface area contributed by atoms with Gasteiger partial charge in [-0.1, -0.05) is 40.3 Å². The monoisotopic (exact) mass is 794 g/mol. The Labute approximate surface area is 272 Å². The van der Waals surface area contributed by atoms with Crippen molar-refractivity contribution in [2.75, 3.05) is 20.1 Å². The molecule has 242 valence electrons. The minimum absolute atomic E-state index is 0.0155. The highest BCUT2D eigenvalue weighted by molar-refractivity contribution is 8.42. The molecule has 0 saturated heterocycles. The fraction of sp³-hybridized carbons (Fsp3) is 0.714. The number of aliphatic carboxylic acids is 1. The molecule has 0 aliphatic carbocycles. The predicted molar refractivity (Wildman–Crippen MR) is 212 cm³/mol. The van der Waals surface area contributed by atoms with Crippen molar-refractivity contribution < 1.29 is 28.8 Å². The van der Waals surface area contributed by atoms with Gasteiger partial charge in [0.25, 0.3) is 14.2 Å². The molecule has 0 bridgehead atoms. The Morgan fingerprint density at radius 3 is 1.81 bits per heavy atom. The second-order valence-electron chi connectivity index (χ2n) is 8.65. The second kappa shape index (κ2) is 30.1. The Morgan fingerprint density at radius 1 is 1.02 bits per heavy atom. The summed E-state index contributed by atoms with van der Waals surface area (Å²) in [7, 11) is 16.6. The van der Waals surface area contributed by atoms with Crippen molar-refractivity contribution in [3.05, 3.63) is 12.7 Å². The maximum atomic E-state index is 12.4. The van der Waals surface area contributed by atoms with Crippen molar-refractivity contribution >= 4 is 116 Å². The zero-order chi connectivity index (χ0) is 33.4. The lowest BCUT2D eigenvalue weighted by molar-refractivity contribution is -0.140. The summed E-state index contributed by atoms with van der Waals surface area (Å²) in [5.41, 5.74) is 0. The lowest BCUT2D eigenvalue weighted by atomic mass is 10.0. The van der Waals surface area contributed by atoms with Crippen LogP contribution in [0.4, 0.5) is 0 Å². The van der Waals surface area contributed by atoms with E-state index in [1.54, 1.807) is 31.9 Å². The second-order valence-corrected chi connectivity index (χ2v) is 23.4. The Bertz CT molecular complexity index is 901. The van der Waals surface area contributed by atoms with Gasteiger partial charge < -0.3 is 24.2 Å². The molecule has 0 fully saturated rings. The minimum atomic E-state index is -0.789. The van der Waals surface area contributed by atoms with Gasteiger partial charge in [0.2, 0.25) is 5.91 Å². The van der Waals surface area contributed by atoms with Crippen LogP contribution in [0.3, 0.4) is 0 Å². The third kappa shape index (κ3) is 24.0. The molecule has 0 heterocycles. The van der Waals surface area contributed by atoms with Crippen LogP contribution in [0.1, 0.15) is 34.6 Å². The molecule has 0 radical (unpaired) electrons. The number of carboxylic acids is 1. The summed E-state index contributed by atoms with van der Waals surface area (Å²) < 4.78 is 23.3. The summed E-state index contributed by atoms with van der Waals surface area (Å²) in [6.45, 7) is 13.6. The van der Waals surface area contributed by atoms with Gasteiger partial charge in [-0.2, -0.15) is 0 Å². The zero-order valence-electron chi connectivity index (χ0n) is 25.1. The summed E-state index contributed by atoms with van der Waals surface area (Å²) in [6.07, 6.45) is 8.18. The van der Waals surface area contributed by atoms with Gasteiger partial charge in [-0.05, 0) is 49.3 Å². The Balaban J connectivity index is -0.000000607. The fourth-order valence-corrected chi connectivity index (χ4v) is 7.24. The minimum Gasteiger partial charge on any atom is -0.481 e. The van der Waals surface area contributed by atoms with Crippen molar-refractivity contribution in [3.8, 4) is 0 Å². The Hall–Kier alpha value is 1.78. The maximum Gasteiger partial charge on any atom is 0.308 e. The van der Waals surface area contributed by atoms with E-state index in [1.165, 1.54) is 0 Å². The largest absolute Gasteiger partial charge is 0.481 e. The van der Waals surface area contributed by atoms with Gasteiger partial charge in [0.05, 0.1) is 43.1 Å². The average molecular weight is 794 g/mol. The molecular formula is C21H49N4O6P11+2. The van der Waals surface area contributed by atoms with Crippen molar-refractivity contribution in [2.24, 2.45) is 26.1 Å². The number of nitrogens with zero attached hydrogens (tertiary/aromatic N) is 4. The van der Waals surface area contributed by atoms with Gasteiger partial charge in [-0.15, -0.1) is 6.58 Å². The molecule has 0 aromatic rings. The molecule has 0 rings (SSSR count). The summed E-state index contributed by atoms with van der Waals surface area (Å²) >= 11 is 0. The van der Waals surface area contributed by atoms with Crippen LogP contribution in [0.5, 0.6) is 0 Å². The van der Waals surface area contributed by atoms with Crippen LogP contribution in [-0.4, -0.2) is 90.1 Å². The topological polar surface area (TPSA) is 133 Å². The summed E-state index contributed by atoms with van der Waals surface area (Å²) in [5.74, 6) is -1.33. The van der Waals surface area contributed by atoms with Gasteiger partial charge >= 0.3 is 5.97 Å². The van der Waals surface area contributed by atoms with E-state index in [0.29, 0.717) is 21.6 Å². The van der Waals surface area contributed by atoms with Crippen LogP contribution in [0.25, 0.3) is 0 Å². The smallest absolute Gasteiger partial charge is 0.308 e. The Kier molecular flexibility index (Phi) is 34.6. The van der Waals surface area contributed by atoms with Crippen LogP contribution in [0, 0.1) is 11.8 Å². The highest BCUT2D eigenvalue weighted by atomic mass is 32.4. The van der Waals surface area contributed by atoms with E-state index in [9.17, 15) is 14.7 Å². The van der Waals surface area contributed by atoms with Gasteiger partial charge in [-0.25, -0.2) is 0 Å². The lowest BCUT2D eigenvalue weighted by Crippen LogP contribution is -2.49. The normalized spacial score (nSPS) is 17.3. The quantitative estimate of drug-likeness (QED) is 0.106. The van der Waals surface area contributed by atoms with Gasteiger partial charge in [-0.3, -0.25) is 14.3 Å². The molecule has 15 atom stereocenters. The lowest BCUT2D eigenvalue weighted by Gasteiger charge is -2.34. The number of aliphatic hydroxyl groups is 1. The van der Waals surface area contributed by atoms with Crippen LogP contribution < -0.4 is 0 Å². The van der Waals surface area contributed by atoms with Crippen molar-refractivity contribution in [3.63, 3.8) is 0 Å². The molecule has 21 heteroatoms. The third-order valence-electron chi connectivity index (χ3n) is 5.36. The molecular weight excluding hydrogens is 745 g/mol. The van der Waals surface area contributed by atoms with E-state index in [2.05, 4.69) is 78.2 Å². The molecule has 13 unspecified atom stereocenters. The number of likely N-dealkylation sites (N-methyl/N-ethyl adjacent to an activating group) is 1. The van der Waals surface area contributed by atoms with Gasteiger partial charge in [0, 0.05) is 24.0 Å². The number of hydrogen-bond donors (Lipinski definition) is 2. The number of carboxylic acid groups (broad SMARTS) is 1. The molecule has 0 aliphatic heterocycles. The highest BCUT2D eigenvalue weighted by Gasteiger charge is 2.30. The number of carbonyl (C=O) groups is 2. The van der Waals surface area contributed by atoms with Crippen LogP contribution >= 0.6 is 91.7 Å². The SMILES string of the molecule is C=CC(OPP)[C@H](C)N=P.C=P[P+](P)=NCC(C)C(=O)N(C)[C@@H](C)C(OPP)C(C)O.C=P[P+](P)=NCC(C)C(=O)O. The molecule has 2 N–H and O–H groups in total. The van der Waals surface area contributed by atoms with Crippen LogP contribution in [-0.2, 0) is 18.6 Å². The third-order valence-corrected chi connectivity index (χ3v) is 15.3. The predicted octanol–water partition coefficient (Wildman–Crippen LogP) is 8.48. The van der Waals surface area contributed by atoms with E-state index in [1.807, 2.05) is 20.8 Å². The first kappa shape index (κ1) is 48.2. The number of rotatable bonds is 18. The van der Waals surface area contributed by atoms with E-state index in [4.69, 9.17) is 14.2 Å². The number of aliphatic hydroxyl groups excluding tert-OH is 1. The van der Waals surface area contributed by atoms with E-state index >= 15 is 0 Å². The average Bonchev–Trinajstić information content (AvgIpc) is 2.98. The molecule has 1 amide bonds. The standard InChI is InChI=1S/C11H26N2O3P5.C5H10NO2P3.C5H12NOP3/c1-7(6-12-21(18)19-5)11(15)13(4)8(2)10(9(3)14)16-20-17;1-4(5(7)8)3-6-11(9)10-2;1-3-5(7-10-9)4(2)6-8/h7-10,14,20H,5-6,17-18H2,1-4H3;4H,2-3,9H2,1H3;3-5,8,10H,1,9H2,2H3/q+1;;/p+1/t7?,8-,9?,10?;;4-,5?/m0.0/s1. The number of hydrogen-bond acceptors (Lipinski definition) is 8. The summed E-state index contributed by atoms with van der Waals surface area (Å²) in [6, 6.07) is -0.0707. The molecule has 0 aliphatic rings. The first-order valence-corrected chi connectivity index (χ1v) is 27.6. The van der Waals surface area contributed by atoms with E-state index < -0.39 is 32.4 Å². The summed E-state index contributed by atoms with van der Waals surface area (Å²) in [5, 5.41) is 18.3. The first-order chi connectivity index (χ1) is 19.6. The van der Waals surface area contributed by atoms with E-state index in [-0.39, 0.29) is 44.4 Å². The fourth-order valence-electron chi connectivity index (χ4n) is 2.60. The van der Waals surface area contributed by atoms with Gasteiger partial charge in [0.1, 0.15) is 30.1 Å². The van der Waals surface area contributed by atoms with E-state index in [0.717, 1.165) is 15.8 Å². The van der Waals surface area contributed by atoms with Crippen molar-refractivity contribution in [1.82, 2.24) is 4.90 Å². The molecule has 10 nitrogen and oxygen atoms in total. The number of carbonyl (C=O) groups excluding carboxylic acids is 1. The first-order valence-electron chi connectivity index (χ1n) is 12.4. The van der Waals surface area contributed by atoms with Crippen LogP contribution in [0.2, 0.25) is 0 Å². The molecule has 0 aromatic heterocycles. The molecule has 0 aromatic carbocycles. The number of amides is 1. The van der Waals surface area contributed by atoms with Gasteiger partial charge in [0.15, 0.2) is 15.8 Å². The summed E-state index contributed by atoms with van der Waals surface area (Å²) in [4.78, 5) is 24.4. The zero-order valence-corrected chi connectivity index (χ0v) is 36.3. The molecule has 0 saturated carbocycles.